The van der Waals surface area contributed by atoms with Gasteiger partial charge in [0.1, 0.15) is 16.2 Å². The van der Waals surface area contributed by atoms with Crippen molar-refractivity contribution in [3.63, 3.8) is 0 Å². The Morgan fingerprint density at radius 1 is 0.407 bits per heavy atom. The molecular weight excluding hydrogens is 697 g/mol. The third-order valence-corrected chi connectivity index (χ3v) is 12.5. The maximum absolute atomic E-state index is 6.44. The molecule has 0 aliphatic rings. The van der Waals surface area contributed by atoms with Crippen molar-refractivity contribution in [2.24, 2.45) is 0 Å². The largest absolute Gasteiger partial charge is 0.456 e. The molecule has 0 radical (unpaired) electrons. The van der Waals surface area contributed by atoms with E-state index in [1.165, 1.54) is 47.1 Å². The van der Waals surface area contributed by atoms with Crippen molar-refractivity contribution in [3.8, 4) is 32.8 Å². The molecule has 0 aliphatic carbocycles. The van der Waals surface area contributed by atoms with Crippen molar-refractivity contribution in [3.05, 3.63) is 182 Å². The number of benzene rings is 8. The highest BCUT2D eigenvalue weighted by atomic mass is 32.1. The number of furan rings is 1. The van der Waals surface area contributed by atoms with Gasteiger partial charge in [0.15, 0.2) is 0 Å². The summed E-state index contributed by atoms with van der Waals surface area (Å²) in [5, 5.41) is 5.74. The van der Waals surface area contributed by atoms with Crippen molar-refractivity contribution in [1.82, 2.24) is 4.98 Å². The van der Waals surface area contributed by atoms with E-state index in [4.69, 9.17) is 9.40 Å². The van der Waals surface area contributed by atoms with Gasteiger partial charge in [0.05, 0.1) is 10.2 Å². The number of hydrogen-bond donors (Lipinski definition) is 0. The first-order valence-electron chi connectivity index (χ1n) is 18.0. The van der Waals surface area contributed by atoms with Gasteiger partial charge in [0.25, 0.3) is 0 Å². The number of hydrogen-bond acceptors (Lipinski definition) is 5. The maximum atomic E-state index is 6.44. The van der Waals surface area contributed by atoms with Gasteiger partial charge in [-0.2, -0.15) is 0 Å². The molecule has 0 N–H and O–H groups in total. The molecule has 11 rings (SSSR count). The van der Waals surface area contributed by atoms with Crippen LogP contribution >= 0.6 is 22.7 Å². The highest BCUT2D eigenvalue weighted by molar-refractivity contribution is 7.26. The van der Waals surface area contributed by atoms with Crippen LogP contribution in [-0.2, 0) is 0 Å². The Labute approximate surface area is 319 Å². The Kier molecular flexibility index (Phi) is 7.22. The first-order chi connectivity index (χ1) is 26.7. The molecule has 54 heavy (non-hydrogen) atoms. The lowest BCUT2D eigenvalue weighted by Crippen LogP contribution is -2.10. The maximum Gasteiger partial charge on any atom is 0.137 e. The predicted octanol–water partition coefficient (Wildman–Crippen LogP) is 15.0. The minimum absolute atomic E-state index is 0.867. The number of nitrogens with zero attached hydrogens (tertiary/aromatic N) is 2. The quantitative estimate of drug-likeness (QED) is 0.171. The van der Waals surface area contributed by atoms with Crippen molar-refractivity contribution >= 4 is 92.1 Å². The molecule has 254 valence electrons. The Balaban J connectivity index is 1.12. The molecule has 3 heterocycles. The topological polar surface area (TPSA) is 29.3 Å². The van der Waals surface area contributed by atoms with Crippen LogP contribution in [0.1, 0.15) is 0 Å². The van der Waals surface area contributed by atoms with Crippen molar-refractivity contribution in [2.45, 2.75) is 0 Å². The minimum Gasteiger partial charge on any atom is -0.456 e. The van der Waals surface area contributed by atoms with Gasteiger partial charge in [-0.3, -0.25) is 0 Å². The van der Waals surface area contributed by atoms with Crippen LogP contribution in [0.2, 0.25) is 0 Å². The number of rotatable bonds is 6. The van der Waals surface area contributed by atoms with Crippen LogP contribution in [0.5, 0.6) is 0 Å². The third-order valence-electron chi connectivity index (χ3n) is 10.3. The highest BCUT2D eigenvalue weighted by Crippen LogP contribution is 2.46. The molecule has 5 heteroatoms. The summed E-state index contributed by atoms with van der Waals surface area (Å²) in [4.78, 5) is 7.57. The fraction of sp³-hybridized carbons (Fsp3) is 0. The predicted molar refractivity (Wildman–Crippen MR) is 231 cm³/mol. The highest BCUT2D eigenvalue weighted by Gasteiger charge is 2.20. The molecule has 3 nitrogen and oxygen atoms in total. The molecule has 0 bridgehead atoms. The first-order valence-corrected chi connectivity index (χ1v) is 19.7. The van der Waals surface area contributed by atoms with E-state index >= 15 is 0 Å². The van der Waals surface area contributed by atoms with Gasteiger partial charge in [-0.05, 0) is 76.9 Å². The molecular formula is C49H30N2OS2. The van der Waals surface area contributed by atoms with Crippen LogP contribution in [-0.4, -0.2) is 4.98 Å². The van der Waals surface area contributed by atoms with Gasteiger partial charge in [0.2, 0.25) is 0 Å². The second-order valence-electron chi connectivity index (χ2n) is 13.5. The molecule has 0 amide bonds. The minimum atomic E-state index is 0.867. The molecule has 0 saturated carbocycles. The molecule has 0 atom stereocenters. The summed E-state index contributed by atoms with van der Waals surface area (Å²) in [5.41, 5.74) is 11.9. The van der Waals surface area contributed by atoms with E-state index in [-0.39, 0.29) is 0 Å². The molecule has 0 saturated heterocycles. The number of anilines is 3. The van der Waals surface area contributed by atoms with Crippen LogP contribution in [0.3, 0.4) is 0 Å². The van der Waals surface area contributed by atoms with E-state index < -0.39 is 0 Å². The third kappa shape index (κ3) is 5.12. The molecule has 0 fully saturated rings. The van der Waals surface area contributed by atoms with Crippen LogP contribution in [0.4, 0.5) is 17.1 Å². The average molecular weight is 727 g/mol. The van der Waals surface area contributed by atoms with Gasteiger partial charge in [0, 0.05) is 59.6 Å². The number of thiophene rings is 1. The summed E-state index contributed by atoms with van der Waals surface area (Å²) in [7, 11) is 0. The lowest BCUT2D eigenvalue weighted by Gasteiger charge is -2.27. The Hall–Kier alpha value is -6.53. The summed E-state index contributed by atoms with van der Waals surface area (Å²) < 4.78 is 10.1. The van der Waals surface area contributed by atoms with Crippen molar-refractivity contribution in [2.75, 3.05) is 4.90 Å². The number of aromatic nitrogens is 1. The second kappa shape index (κ2) is 12.6. The van der Waals surface area contributed by atoms with E-state index in [0.29, 0.717) is 0 Å². The monoisotopic (exact) mass is 726 g/mol. The van der Waals surface area contributed by atoms with Crippen LogP contribution in [0.15, 0.2) is 186 Å². The molecule has 0 unspecified atom stereocenters. The van der Waals surface area contributed by atoms with Crippen LogP contribution in [0, 0.1) is 0 Å². The zero-order valence-corrected chi connectivity index (χ0v) is 30.6. The fourth-order valence-corrected chi connectivity index (χ4v) is 9.90. The van der Waals surface area contributed by atoms with E-state index in [0.717, 1.165) is 55.1 Å². The van der Waals surface area contributed by atoms with Gasteiger partial charge in [-0.1, -0.05) is 121 Å². The molecule has 3 aromatic heterocycles. The number of fused-ring (bicyclic) bond motifs is 8. The van der Waals surface area contributed by atoms with Gasteiger partial charge in [-0.15, -0.1) is 22.7 Å². The lowest BCUT2D eigenvalue weighted by atomic mass is 9.93. The Bertz CT molecular complexity index is 3160. The van der Waals surface area contributed by atoms with Gasteiger partial charge in [-0.25, -0.2) is 4.98 Å². The Morgan fingerprint density at radius 3 is 1.78 bits per heavy atom. The SMILES string of the molecule is c1ccc(-c2nc3c(ccc4sc5cc(N(c6ccc(-c7ccccc7)c(-c7ccccc7)c6)c6ccc7c(c6)oc6ccccc67)ccc5c43)s2)cc1. The summed E-state index contributed by atoms with van der Waals surface area (Å²) in [6, 6.07) is 64.9. The zero-order valence-electron chi connectivity index (χ0n) is 28.9. The summed E-state index contributed by atoms with van der Waals surface area (Å²) >= 11 is 3.59. The van der Waals surface area contributed by atoms with Crippen molar-refractivity contribution < 1.29 is 4.42 Å². The normalized spacial score (nSPS) is 11.7. The Morgan fingerprint density at radius 2 is 1.00 bits per heavy atom. The van der Waals surface area contributed by atoms with Gasteiger partial charge >= 0.3 is 0 Å². The summed E-state index contributed by atoms with van der Waals surface area (Å²) in [5.74, 6) is 0. The summed E-state index contributed by atoms with van der Waals surface area (Å²) in [6.45, 7) is 0. The van der Waals surface area contributed by atoms with Crippen LogP contribution < -0.4 is 4.90 Å². The lowest BCUT2D eigenvalue weighted by molar-refractivity contribution is 0.669. The number of thiazole rings is 1. The van der Waals surface area contributed by atoms with E-state index in [2.05, 4.69) is 175 Å². The summed E-state index contributed by atoms with van der Waals surface area (Å²) in [6.07, 6.45) is 0. The molecule has 0 spiro atoms. The smallest absolute Gasteiger partial charge is 0.137 e. The van der Waals surface area contributed by atoms with E-state index in [1.807, 2.05) is 23.5 Å². The van der Waals surface area contributed by atoms with Crippen LogP contribution in [0.25, 0.3) is 85.2 Å². The molecule has 11 aromatic rings. The standard InChI is InChI=1S/C49H30N2OS2/c1-4-12-31(13-5-1)37-23-20-34(28-41(37)32-14-6-2-7-15-32)51(35-21-24-39-38-18-10-11-19-42(38)52-43(39)29-35)36-22-25-40-46(30-36)53-44-26-27-45-48(47(40)44)50-49(54-45)33-16-8-3-9-17-33/h1-30H. The number of para-hydroxylation sites is 1. The zero-order chi connectivity index (χ0) is 35.6. The average Bonchev–Trinajstić information content (AvgIpc) is 3.95. The first kappa shape index (κ1) is 31.0. The van der Waals surface area contributed by atoms with Crippen molar-refractivity contribution in [1.29, 1.82) is 0 Å². The van der Waals surface area contributed by atoms with Gasteiger partial charge < -0.3 is 9.32 Å². The van der Waals surface area contributed by atoms with E-state index in [1.54, 1.807) is 11.3 Å². The van der Waals surface area contributed by atoms with E-state index in [9.17, 15) is 0 Å². The fourth-order valence-electron chi connectivity index (χ4n) is 7.78. The molecule has 8 aromatic carbocycles. The second-order valence-corrected chi connectivity index (χ2v) is 15.6. The molecule has 0 aliphatic heterocycles.